The Labute approximate surface area is 215 Å². The maximum Gasteiger partial charge on any atom is 0.221 e. The number of nitrogens with one attached hydrogen (secondary N) is 2. The van der Waals surface area contributed by atoms with Gasteiger partial charge in [-0.05, 0) is 24.3 Å². The Balaban J connectivity index is 1.41. The van der Waals surface area contributed by atoms with Crippen LogP contribution in [0.15, 0.2) is 72.0 Å². The summed E-state index contributed by atoms with van der Waals surface area (Å²) in [7, 11) is 0. The van der Waals surface area contributed by atoms with Gasteiger partial charge in [0.1, 0.15) is 5.82 Å². The quantitative estimate of drug-likeness (QED) is 0.159. The summed E-state index contributed by atoms with van der Waals surface area (Å²) in [5.74, 6) is 0.745. The molecule has 0 spiro atoms. The minimum Gasteiger partial charge on any atom is -0.380 e. The van der Waals surface area contributed by atoms with E-state index >= 15 is 0 Å². The largest absolute Gasteiger partial charge is 0.380 e. The molecule has 0 saturated carbocycles. The lowest BCUT2D eigenvalue weighted by molar-refractivity contribution is -0.121. The average molecular weight is 505 g/mol. The zero-order valence-electron chi connectivity index (χ0n) is 20.7. The fourth-order valence-electron chi connectivity index (χ4n) is 4.07. The first-order valence-electron chi connectivity index (χ1n) is 12.1. The van der Waals surface area contributed by atoms with Gasteiger partial charge in [0.25, 0.3) is 0 Å². The standard InChI is InChI=1S/C27H32N6O2S/c1-3-35-17-15-29-25-23-19-30-33(26(23)32-27(31-25)36-2)16-14-28-24(34)18-22(20-10-6-4-7-11-20)21-12-8-5-9-13-21/h4-13,19,22H,3,14-18H2,1-2H3,(H,28,34)(H,29,31,32). The molecule has 0 saturated heterocycles. The van der Waals surface area contributed by atoms with Crippen LogP contribution in [0.2, 0.25) is 0 Å². The van der Waals surface area contributed by atoms with Gasteiger partial charge in [-0.25, -0.2) is 14.6 Å². The SMILES string of the molecule is CCOCCNc1nc(SC)nc2c1cnn2CCNC(=O)CC(c1ccccc1)c1ccccc1. The number of hydrogen-bond donors (Lipinski definition) is 2. The van der Waals surface area contributed by atoms with E-state index in [0.29, 0.717) is 44.4 Å². The number of thioether (sulfide) groups is 1. The first-order chi connectivity index (χ1) is 17.7. The minimum atomic E-state index is 0.000122. The lowest BCUT2D eigenvalue weighted by atomic mass is 9.88. The first-order valence-corrected chi connectivity index (χ1v) is 13.4. The van der Waals surface area contributed by atoms with Crippen LogP contribution in [0, 0.1) is 0 Å². The molecule has 2 heterocycles. The Bertz CT molecular complexity index is 1210. The molecule has 0 atom stereocenters. The zero-order valence-corrected chi connectivity index (χ0v) is 21.5. The molecular weight excluding hydrogens is 472 g/mol. The van der Waals surface area contributed by atoms with E-state index in [2.05, 4.69) is 50.0 Å². The fourth-order valence-corrected chi connectivity index (χ4v) is 4.43. The van der Waals surface area contributed by atoms with Crippen molar-refractivity contribution in [3.05, 3.63) is 78.0 Å². The van der Waals surface area contributed by atoms with Crippen LogP contribution in [-0.2, 0) is 16.1 Å². The second-order valence-electron chi connectivity index (χ2n) is 8.22. The number of fused-ring (bicyclic) bond motifs is 1. The van der Waals surface area contributed by atoms with Gasteiger partial charge in [-0.2, -0.15) is 5.10 Å². The maximum absolute atomic E-state index is 12.9. The number of anilines is 1. The summed E-state index contributed by atoms with van der Waals surface area (Å²) in [6, 6.07) is 20.3. The van der Waals surface area contributed by atoms with Crippen LogP contribution in [-0.4, -0.2) is 58.2 Å². The van der Waals surface area contributed by atoms with Gasteiger partial charge in [0, 0.05) is 32.0 Å². The predicted molar refractivity (Wildman–Crippen MR) is 144 cm³/mol. The Morgan fingerprint density at radius 2 is 1.72 bits per heavy atom. The van der Waals surface area contributed by atoms with Gasteiger partial charge in [0.05, 0.1) is 24.7 Å². The second-order valence-corrected chi connectivity index (χ2v) is 8.99. The number of carbonyl (C=O) groups is 1. The molecule has 0 unspecified atom stereocenters. The van der Waals surface area contributed by atoms with E-state index in [1.807, 2.05) is 54.3 Å². The molecule has 2 aromatic heterocycles. The third kappa shape index (κ3) is 6.61. The molecule has 0 aliphatic rings. The lowest BCUT2D eigenvalue weighted by Gasteiger charge is -2.18. The average Bonchev–Trinajstić information content (AvgIpc) is 3.33. The topological polar surface area (TPSA) is 94.0 Å². The van der Waals surface area contributed by atoms with Gasteiger partial charge in [0.15, 0.2) is 10.8 Å². The summed E-state index contributed by atoms with van der Waals surface area (Å²) >= 11 is 1.48. The number of nitrogens with zero attached hydrogens (tertiary/aromatic N) is 4. The van der Waals surface area contributed by atoms with E-state index in [9.17, 15) is 4.79 Å². The Kier molecular flexibility index (Phi) is 9.29. The molecule has 4 rings (SSSR count). The molecule has 188 valence electrons. The van der Waals surface area contributed by atoms with Gasteiger partial charge in [0.2, 0.25) is 5.91 Å². The smallest absolute Gasteiger partial charge is 0.221 e. The van der Waals surface area contributed by atoms with Crippen molar-refractivity contribution >= 4 is 34.5 Å². The zero-order chi connectivity index (χ0) is 25.2. The van der Waals surface area contributed by atoms with Gasteiger partial charge in [-0.1, -0.05) is 72.4 Å². The molecule has 0 aliphatic carbocycles. The van der Waals surface area contributed by atoms with Gasteiger partial charge in [-0.15, -0.1) is 0 Å². The highest BCUT2D eigenvalue weighted by molar-refractivity contribution is 7.98. The highest BCUT2D eigenvalue weighted by Gasteiger charge is 2.18. The molecule has 9 heteroatoms. The fraction of sp³-hybridized carbons (Fsp3) is 0.333. The van der Waals surface area contributed by atoms with Crippen molar-refractivity contribution in [2.24, 2.45) is 0 Å². The van der Waals surface area contributed by atoms with Gasteiger partial charge >= 0.3 is 0 Å². The van der Waals surface area contributed by atoms with Crippen molar-refractivity contribution in [1.29, 1.82) is 0 Å². The highest BCUT2D eigenvalue weighted by atomic mass is 32.2. The Morgan fingerprint density at radius 3 is 2.36 bits per heavy atom. The highest BCUT2D eigenvalue weighted by Crippen LogP contribution is 2.28. The van der Waals surface area contributed by atoms with Crippen molar-refractivity contribution in [2.45, 2.75) is 31.0 Å². The van der Waals surface area contributed by atoms with E-state index in [4.69, 9.17) is 4.74 Å². The summed E-state index contributed by atoms with van der Waals surface area (Å²) in [5, 5.41) is 12.4. The van der Waals surface area contributed by atoms with Crippen molar-refractivity contribution in [3.8, 4) is 0 Å². The van der Waals surface area contributed by atoms with Crippen LogP contribution in [0.5, 0.6) is 0 Å². The van der Waals surface area contributed by atoms with Crippen molar-refractivity contribution in [3.63, 3.8) is 0 Å². The van der Waals surface area contributed by atoms with Crippen LogP contribution < -0.4 is 10.6 Å². The first kappa shape index (κ1) is 25.7. The molecule has 1 amide bonds. The summed E-state index contributed by atoms with van der Waals surface area (Å²) in [6.07, 6.45) is 4.09. The summed E-state index contributed by atoms with van der Waals surface area (Å²) < 4.78 is 7.23. The Hall–Kier alpha value is -3.43. The normalized spacial score (nSPS) is 11.2. The van der Waals surface area contributed by atoms with Gasteiger partial charge in [-0.3, -0.25) is 4.79 Å². The van der Waals surface area contributed by atoms with E-state index in [1.165, 1.54) is 11.8 Å². The van der Waals surface area contributed by atoms with Crippen molar-refractivity contribution in [1.82, 2.24) is 25.1 Å². The van der Waals surface area contributed by atoms with E-state index in [1.54, 1.807) is 6.20 Å². The summed E-state index contributed by atoms with van der Waals surface area (Å²) in [5.41, 5.74) is 3.00. The number of ether oxygens (including phenoxy) is 1. The second kappa shape index (κ2) is 13.0. The van der Waals surface area contributed by atoms with Crippen LogP contribution in [0.4, 0.5) is 5.82 Å². The third-order valence-electron chi connectivity index (χ3n) is 5.84. The summed E-state index contributed by atoms with van der Waals surface area (Å²) in [4.78, 5) is 22.2. The molecule has 4 aromatic rings. The van der Waals surface area contributed by atoms with Crippen molar-refractivity contribution < 1.29 is 9.53 Å². The molecule has 0 radical (unpaired) electrons. The lowest BCUT2D eigenvalue weighted by Crippen LogP contribution is -2.29. The number of rotatable bonds is 13. The van der Waals surface area contributed by atoms with Gasteiger partial charge < -0.3 is 15.4 Å². The minimum absolute atomic E-state index is 0.000122. The predicted octanol–water partition coefficient (Wildman–Crippen LogP) is 4.34. The molecule has 2 aromatic carbocycles. The number of hydrogen-bond acceptors (Lipinski definition) is 7. The maximum atomic E-state index is 12.9. The molecule has 0 aliphatic heterocycles. The third-order valence-corrected chi connectivity index (χ3v) is 6.39. The molecule has 36 heavy (non-hydrogen) atoms. The Morgan fingerprint density at radius 1 is 1.03 bits per heavy atom. The molecule has 8 nitrogen and oxygen atoms in total. The van der Waals surface area contributed by atoms with Crippen molar-refractivity contribution in [2.75, 3.05) is 37.9 Å². The molecule has 2 N–H and O–H groups in total. The monoisotopic (exact) mass is 504 g/mol. The number of benzene rings is 2. The molecule has 0 bridgehead atoms. The molecular formula is C27H32N6O2S. The van der Waals surface area contributed by atoms with E-state index in [0.717, 1.165) is 28.0 Å². The van der Waals surface area contributed by atoms with E-state index < -0.39 is 0 Å². The van der Waals surface area contributed by atoms with Crippen LogP contribution in [0.1, 0.15) is 30.4 Å². The number of aromatic nitrogens is 4. The molecule has 0 fully saturated rings. The number of carbonyl (C=O) groups excluding carboxylic acids is 1. The number of amides is 1. The van der Waals surface area contributed by atoms with E-state index in [-0.39, 0.29) is 11.8 Å². The van der Waals surface area contributed by atoms with Crippen LogP contribution in [0.25, 0.3) is 11.0 Å². The van der Waals surface area contributed by atoms with Crippen LogP contribution in [0.3, 0.4) is 0 Å². The summed E-state index contributed by atoms with van der Waals surface area (Å²) in [6.45, 7) is 4.87. The van der Waals surface area contributed by atoms with Crippen LogP contribution >= 0.6 is 11.8 Å².